The van der Waals surface area contributed by atoms with Gasteiger partial charge in [-0.15, -0.1) is 0 Å². The fourth-order valence-corrected chi connectivity index (χ4v) is 3.67. The molecule has 2 rings (SSSR count). The lowest BCUT2D eigenvalue weighted by atomic mass is 10.0. The van der Waals surface area contributed by atoms with Crippen molar-refractivity contribution in [3.8, 4) is 0 Å². The maximum Gasteiger partial charge on any atom is 0.0294 e. The summed E-state index contributed by atoms with van der Waals surface area (Å²) in [4.78, 5) is 0. The molecule has 2 atom stereocenters. The number of hydrogen-bond acceptors (Lipinski definition) is 2. The average Bonchev–Trinajstić information content (AvgIpc) is 2.29. The van der Waals surface area contributed by atoms with Crippen LogP contribution in [0, 0.1) is 13.8 Å². The number of rotatable bonds is 3. The number of aryl methyl sites for hydroxylation is 2. The van der Waals surface area contributed by atoms with E-state index in [0.717, 1.165) is 0 Å². The van der Waals surface area contributed by atoms with E-state index in [1.165, 1.54) is 41.0 Å². The Balaban J connectivity index is 2.00. The summed E-state index contributed by atoms with van der Waals surface area (Å²) in [6.07, 6.45) is 2.70. The predicted molar refractivity (Wildman–Crippen MR) is 77.8 cm³/mol. The molecule has 1 N–H and O–H groups in total. The third-order valence-electron chi connectivity index (χ3n) is 3.39. The van der Waals surface area contributed by atoms with Crippen molar-refractivity contribution in [2.45, 2.75) is 45.7 Å². The molecule has 2 heteroatoms. The topological polar surface area (TPSA) is 12.0 Å². The Hall–Kier alpha value is -0.470. The van der Waals surface area contributed by atoms with Crippen LogP contribution >= 0.6 is 11.8 Å². The minimum atomic E-state index is 0.470. The Labute approximate surface area is 109 Å². The van der Waals surface area contributed by atoms with Crippen LogP contribution in [-0.4, -0.2) is 17.5 Å². The van der Waals surface area contributed by atoms with Crippen LogP contribution < -0.4 is 5.32 Å². The molecule has 1 fully saturated rings. The first-order valence-corrected chi connectivity index (χ1v) is 7.72. The molecule has 0 aliphatic carbocycles. The molecule has 2 unspecified atom stereocenters. The molecule has 1 aliphatic heterocycles. The summed E-state index contributed by atoms with van der Waals surface area (Å²) >= 11 is 2.08. The van der Waals surface area contributed by atoms with Gasteiger partial charge in [-0.25, -0.2) is 0 Å². The van der Waals surface area contributed by atoms with Gasteiger partial charge < -0.3 is 5.32 Å². The van der Waals surface area contributed by atoms with E-state index < -0.39 is 0 Å². The van der Waals surface area contributed by atoms with Crippen LogP contribution in [0.4, 0.5) is 0 Å². The fraction of sp³-hybridized carbons (Fsp3) is 0.600. The van der Waals surface area contributed by atoms with E-state index in [1.54, 1.807) is 0 Å². The van der Waals surface area contributed by atoms with E-state index >= 15 is 0 Å². The Morgan fingerprint density at radius 3 is 2.53 bits per heavy atom. The molecule has 0 amide bonds. The molecule has 1 nitrogen and oxygen atoms in total. The second-order valence-electron chi connectivity index (χ2n) is 5.22. The van der Waals surface area contributed by atoms with Gasteiger partial charge in [-0.1, -0.05) is 29.3 Å². The third kappa shape index (κ3) is 3.75. The van der Waals surface area contributed by atoms with Gasteiger partial charge in [-0.2, -0.15) is 11.8 Å². The Bertz CT molecular complexity index is 349. The third-order valence-corrected chi connectivity index (χ3v) is 4.61. The SMILES string of the molecule is Cc1cc(C)cc(C(C)NC2CCCSC2)c1. The quantitative estimate of drug-likeness (QED) is 0.873. The first kappa shape index (κ1) is 13.0. The number of hydrogen-bond donors (Lipinski definition) is 1. The highest BCUT2D eigenvalue weighted by molar-refractivity contribution is 7.99. The highest BCUT2D eigenvalue weighted by atomic mass is 32.2. The number of nitrogens with one attached hydrogen (secondary N) is 1. The monoisotopic (exact) mass is 249 g/mol. The molecule has 94 valence electrons. The maximum atomic E-state index is 3.77. The van der Waals surface area contributed by atoms with E-state index in [0.29, 0.717) is 12.1 Å². The molecule has 0 bridgehead atoms. The predicted octanol–water partition coefficient (Wildman–Crippen LogP) is 3.85. The minimum absolute atomic E-state index is 0.470. The Morgan fingerprint density at radius 2 is 1.94 bits per heavy atom. The van der Waals surface area contributed by atoms with E-state index in [1.807, 2.05) is 0 Å². The summed E-state index contributed by atoms with van der Waals surface area (Å²) in [6.45, 7) is 6.65. The van der Waals surface area contributed by atoms with Crippen LogP contribution in [0.2, 0.25) is 0 Å². The summed E-state index contributed by atoms with van der Waals surface area (Å²) in [5.41, 5.74) is 4.16. The van der Waals surface area contributed by atoms with Gasteiger partial charge in [0.25, 0.3) is 0 Å². The molecular formula is C15H23NS. The van der Waals surface area contributed by atoms with Gasteiger partial charge >= 0.3 is 0 Å². The van der Waals surface area contributed by atoms with Crippen molar-refractivity contribution >= 4 is 11.8 Å². The standard InChI is InChI=1S/C15H23NS/c1-11-7-12(2)9-14(8-11)13(3)16-15-5-4-6-17-10-15/h7-9,13,15-16H,4-6,10H2,1-3H3. The lowest BCUT2D eigenvalue weighted by molar-refractivity contribution is 0.452. The van der Waals surface area contributed by atoms with Crippen LogP contribution in [0.25, 0.3) is 0 Å². The molecular weight excluding hydrogens is 226 g/mol. The van der Waals surface area contributed by atoms with Gasteiger partial charge in [-0.05, 0) is 44.9 Å². The highest BCUT2D eigenvalue weighted by Crippen LogP contribution is 2.22. The largest absolute Gasteiger partial charge is 0.307 e. The van der Waals surface area contributed by atoms with Crippen molar-refractivity contribution in [3.05, 3.63) is 34.9 Å². The van der Waals surface area contributed by atoms with Crippen molar-refractivity contribution in [3.63, 3.8) is 0 Å². The van der Waals surface area contributed by atoms with Crippen LogP contribution in [0.15, 0.2) is 18.2 Å². The van der Waals surface area contributed by atoms with Gasteiger partial charge in [0.1, 0.15) is 0 Å². The molecule has 1 aromatic rings. The zero-order valence-electron chi connectivity index (χ0n) is 11.1. The molecule has 0 radical (unpaired) electrons. The lowest BCUT2D eigenvalue weighted by Gasteiger charge is -2.27. The van der Waals surface area contributed by atoms with Gasteiger partial charge in [0, 0.05) is 17.8 Å². The number of benzene rings is 1. The van der Waals surface area contributed by atoms with Gasteiger partial charge in [0.2, 0.25) is 0 Å². The molecule has 1 heterocycles. The first-order chi connectivity index (χ1) is 8.15. The molecule has 0 aromatic heterocycles. The summed E-state index contributed by atoms with van der Waals surface area (Å²) in [5, 5.41) is 3.77. The van der Waals surface area contributed by atoms with Gasteiger partial charge in [0.05, 0.1) is 0 Å². The van der Waals surface area contributed by atoms with E-state index in [9.17, 15) is 0 Å². The summed E-state index contributed by atoms with van der Waals surface area (Å²) < 4.78 is 0. The fourth-order valence-electron chi connectivity index (χ4n) is 2.58. The molecule has 17 heavy (non-hydrogen) atoms. The summed E-state index contributed by atoms with van der Waals surface area (Å²) in [6, 6.07) is 8.02. The van der Waals surface area contributed by atoms with E-state index in [4.69, 9.17) is 0 Å². The van der Waals surface area contributed by atoms with Crippen LogP contribution in [0.5, 0.6) is 0 Å². The molecule has 1 aliphatic rings. The van der Waals surface area contributed by atoms with Crippen molar-refractivity contribution < 1.29 is 0 Å². The van der Waals surface area contributed by atoms with Crippen molar-refractivity contribution in [1.29, 1.82) is 0 Å². The molecule has 1 saturated heterocycles. The lowest BCUT2D eigenvalue weighted by Crippen LogP contribution is -2.35. The normalized spacial score (nSPS) is 22.4. The van der Waals surface area contributed by atoms with Crippen molar-refractivity contribution in [1.82, 2.24) is 5.32 Å². The molecule has 0 saturated carbocycles. The maximum absolute atomic E-state index is 3.77. The Morgan fingerprint density at radius 1 is 1.24 bits per heavy atom. The van der Waals surface area contributed by atoms with E-state index in [2.05, 4.69) is 56.0 Å². The average molecular weight is 249 g/mol. The van der Waals surface area contributed by atoms with Crippen LogP contribution in [0.1, 0.15) is 42.5 Å². The minimum Gasteiger partial charge on any atom is -0.307 e. The van der Waals surface area contributed by atoms with Gasteiger partial charge in [0.15, 0.2) is 0 Å². The van der Waals surface area contributed by atoms with Crippen LogP contribution in [-0.2, 0) is 0 Å². The highest BCUT2D eigenvalue weighted by Gasteiger charge is 2.16. The zero-order chi connectivity index (χ0) is 12.3. The summed E-state index contributed by atoms with van der Waals surface area (Å²) in [7, 11) is 0. The molecule has 0 spiro atoms. The summed E-state index contributed by atoms with van der Waals surface area (Å²) in [5.74, 6) is 2.62. The Kier molecular flexibility index (Phi) is 4.52. The molecule has 1 aromatic carbocycles. The van der Waals surface area contributed by atoms with Crippen molar-refractivity contribution in [2.75, 3.05) is 11.5 Å². The van der Waals surface area contributed by atoms with Gasteiger partial charge in [-0.3, -0.25) is 0 Å². The van der Waals surface area contributed by atoms with E-state index in [-0.39, 0.29) is 0 Å². The number of thioether (sulfide) groups is 1. The zero-order valence-corrected chi connectivity index (χ0v) is 11.9. The smallest absolute Gasteiger partial charge is 0.0294 e. The second-order valence-corrected chi connectivity index (χ2v) is 6.37. The van der Waals surface area contributed by atoms with Crippen LogP contribution in [0.3, 0.4) is 0 Å². The first-order valence-electron chi connectivity index (χ1n) is 6.57. The van der Waals surface area contributed by atoms with Crippen molar-refractivity contribution in [2.24, 2.45) is 0 Å². The second kappa shape index (κ2) is 5.92.